The van der Waals surface area contributed by atoms with Gasteiger partial charge in [-0.3, -0.25) is 0 Å². The topological polar surface area (TPSA) is 29.4 Å². The summed E-state index contributed by atoms with van der Waals surface area (Å²) in [7, 11) is 0. The van der Waals surface area contributed by atoms with Crippen LogP contribution in [0.25, 0.3) is 9.75 Å². The highest BCUT2D eigenvalue weighted by molar-refractivity contribution is 7.21. The molecule has 13 heavy (non-hydrogen) atoms. The first-order chi connectivity index (χ1) is 6.40. The van der Waals surface area contributed by atoms with E-state index >= 15 is 0 Å². The Hall–Kier alpha value is -1.00. The van der Waals surface area contributed by atoms with Crippen LogP contribution < -0.4 is 0 Å². The SMILES string of the molecule is O=NCc1ccc(-c2cccs2)s1. The van der Waals surface area contributed by atoms with Crippen LogP contribution in [0.1, 0.15) is 4.88 Å². The highest BCUT2D eigenvalue weighted by Crippen LogP contribution is 2.31. The standard InChI is InChI=1S/C9H7NOS2/c11-10-6-7-3-4-9(13-7)8-2-1-5-12-8/h1-5H,6H2. The zero-order valence-electron chi connectivity index (χ0n) is 6.77. The Morgan fingerprint density at radius 1 is 1.23 bits per heavy atom. The fourth-order valence-electron chi connectivity index (χ4n) is 1.08. The molecule has 2 aromatic rings. The molecule has 0 aromatic carbocycles. The molecule has 0 amide bonds. The molecule has 4 heteroatoms. The lowest BCUT2D eigenvalue weighted by Crippen LogP contribution is -1.66. The Morgan fingerprint density at radius 2 is 2.15 bits per heavy atom. The quantitative estimate of drug-likeness (QED) is 0.708. The van der Waals surface area contributed by atoms with Crippen molar-refractivity contribution in [2.75, 3.05) is 0 Å². The summed E-state index contributed by atoms with van der Waals surface area (Å²) in [4.78, 5) is 13.5. The van der Waals surface area contributed by atoms with Crippen LogP contribution in [0.5, 0.6) is 0 Å². The fraction of sp³-hybridized carbons (Fsp3) is 0.111. The van der Waals surface area contributed by atoms with E-state index in [9.17, 15) is 4.91 Å². The van der Waals surface area contributed by atoms with Gasteiger partial charge in [0.1, 0.15) is 6.54 Å². The molecule has 0 fully saturated rings. The largest absolute Gasteiger partial charge is 0.150 e. The van der Waals surface area contributed by atoms with Gasteiger partial charge in [0.25, 0.3) is 0 Å². The van der Waals surface area contributed by atoms with E-state index in [-0.39, 0.29) is 6.54 Å². The molecular weight excluding hydrogens is 202 g/mol. The van der Waals surface area contributed by atoms with Gasteiger partial charge in [-0.1, -0.05) is 11.2 Å². The minimum atomic E-state index is 0.288. The molecular formula is C9H7NOS2. The molecule has 2 heterocycles. The van der Waals surface area contributed by atoms with Gasteiger partial charge in [0.15, 0.2) is 0 Å². The maximum atomic E-state index is 10.0. The third kappa shape index (κ3) is 1.84. The van der Waals surface area contributed by atoms with Gasteiger partial charge in [-0.2, -0.15) is 4.91 Å². The van der Waals surface area contributed by atoms with Crippen LogP contribution in [0.15, 0.2) is 34.8 Å². The maximum absolute atomic E-state index is 10.0. The van der Waals surface area contributed by atoms with Crippen LogP contribution in [0.3, 0.4) is 0 Å². The summed E-state index contributed by atoms with van der Waals surface area (Å²) in [5.74, 6) is 0. The summed E-state index contributed by atoms with van der Waals surface area (Å²) in [6.07, 6.45) is 0. The summed E-state index contributed by atoms with van der Waals surface area (Å²) in [5.41, 5.74) is 0. The van der Waals surface area contributed by atoms with E-state index in [1.54, 1.807) is 22.7 Å². The van der Waals surface area contributed by atoms with Crippen molar-refractivity contribution in [1.82, 2.24) is 0 Å². The van der Waals surface area contributed by atoms with Gasteiger partial charge in [0.05, 0.1) is 0 Å². The second kappa shape index (κ2) is 3.81. The van der Waals surface area contributed by atoms with Crippen LogP contribution in [0.2, 0.25) is 0 Å². The van der Waals surface area contributed by atoms with Gasteiger partial charge >= 0.3 is 0 Å². The molecule has 0 bridgehead atoms. The Kier molecular flexibility index (Phi) is 2.52. The van der Waals surface area contributed by atoms with Gasteiger partial charge in [-0.25, -0.2) is 0 Å². The molecule has 0 radical (unpaired) electrons. The van der Waals surface area contributed by atoms with E-state index in [0.717, 1.165) is 4.88 Å². The van der Waals surface area contributed by atoms with Crippen molar-refractivity contribution >= 4 is 22.7 Å². The van der Waals surface area contributed by atoms with E-state index in [1.165, 1.54) is 9.75 Å². The van der Waals surface area contributed by atoms with E-state index in [1.807, 2.05) is 23.6 Å². The van der Waals surface area contributed by atoms with Gasteiger partial charge < -0.3 is 0 Å². The summed E-state index contributed by atoms with van der Waals surface area (Å²) < 4.78 is 0. The van der Waals surface area contributed by atoms with Crippen LogP contribution in [0.4, 0.5) is 0 Å². The average Bonchev–Trinajstić information content (AvgIpc) is 2.70. The second-order valence-corrected chi connectivity index (χ2v) is 4.65. The number of nitrogens with zero attached hydrogens (tertiary/aromatic N) is 1. The molecule has 0 atom stereocenters. The molecule has 0 saturated carbocycles. The Morgan fingerprint density at radius 3 is 2.85 bits per heavy atom. The zero-order chi connectivity index (χ0) is 9.10. The Balaban J connectivity index is 2.28. The first kappa shape index (κ1) is 8.59. The van der Waals surface area contributed by atoms with Crippen molar-refractivity contribution in [3.8, 4) is 9.75 Å². The number of hydrogen-bond acceptors (Lipinski definition) is 4. The van der Waals surface area contributed by atoms with E-state index in [0.29, 0.717) is 0 Å². The van der Waals surface area contributed by atoms with Crippen molar-refractivity contribution in [1.29, 1.82) is 0 Å². The fourth-order valence-corrected chi connectivity index (χ4v) is 2.83. The zero-order valence-corrected chi connectivity index (χ0v) is 8.40. The molecule has 0 spiro atoms. The summed E-state index contributed by atoms with van der Waals surface area (Å²) >= 11 is 3.34. The van der Waals surface area contributed by atoms with Crippen molar-refractivity contribution in [3.63, 3.8) is 0 Å². The average molecular weight is 209 g/mol. The highest BCUT2D eigenvalue weighted by Gasteiger charge is 2.02. The smallest absolute Gasteiger partial charge is 0.115 e. The molecule has 0 unspecified atom stereocenters. The normalized spacial score (nSPS) is 10.2. The number of rotatable bonds is 3. The molecule has 0 saturated heterocycles. The molecule has 66 valence electrons. The third-order valence-corrected chi connectivity index (χ3v) is 3.78. The second-order valence-electron chi connectivity index (χ2n) is 2.53. The predicted octanol–water partition coefficient (Wildman–Crippen LogP) is 3.74. The monoisotopic (exact) mass is 209 g/mol. The van der Waals surface area contributed by atoms with Crippen molar-refractivity contribution < 1.29 is 0 Å². The van der Waals surface area contributed by atoms with Crippen molar-refractivity contribution in [2.45, 2.75) is 6.54 Å². The predicted molar refractivity (Wildman–Crippen MR) is 57.1 cm³/mol. The number of thiophene rings is 2. The minimum absolute atomic E-state index is 0.288. The molecule has 0 aliphatic carbocycles. The molecule has 0 aliphatic heterocycles. The van der Waals surface area contributed by atoms with Gasteiger partial charge in [-0.15, -0.1) is 22.7 Å². The lowest BCUT2D eigenvalue weighted by atomic mass is 10.4. The van der Waals surface area contributed by atoms with Crippen LogP contribution in [0, 0.1) is 4.91 Å². The Bertz CT molecular complexity index is 391. The van der Waals surface area contributed by atoms with Crippen molar-refractivity contribution in [2.24, 2.45) is 5.18 Å². The summed E-state index contributed by atoms with van der Waals surface area (Å²) in [5, 5.41) is 4.91. The molecule has 2 aromatic heterocycles. The Labute approximate surface area is 83.8 Å². The van der Waals surface area contributed by atoms with E-state index in [4.69, 9.17) is 0 Å². The minimum Gasteiger partial charge on any atom is -0.150 e. The van der Waals surface area contributed by atoms with Gasteiger partial charge in [-0.05, 0) is 23.6 Å². The third-order valence-electron chi connectivity index (χ3n) is 1.65. The van der Waals surface area contributed by atoms with Crippen LogP contribution in [-0.4, -0.2) is 0 Å². The molecule has 2 nitrogen and oxygen atoms in total. The summed E-state index contributed by atoms with van der Waals surface area (Å²) in [6, 6.07) is 8.10. The number of hydrogen-bond donors (Lipinski definition) is 0. The molecule has 0 N–H and O–H groups in total. The first-order valence-corrected chi connectivity index (χ1v) is 5.51. The first-order valence-electron chi connectivity index (χ1n) is 3.82. The maximum Gasteiger partial charge on any atom is 0.115 e. The lowest BCUT2D eigenvalue weighted by molar-refractivity contribution is 1.09. The number of nitroso groups, excluding NO2 is 1. The van der Waals surface area contributed by atoms with E-state index < -0.39 is 0 Å². The highest BCUT2D eigenvalue weighted by atomic mass is 32.1. The van der Waals surface area contributed by atoms with Crippen LogP contribution in [-0.2, 0) is 6.54 Å². The molecule has 2 rings (SSSR count). The van der Waals surface area contributed by atoms with Gasteiger partial charge in [0.2, 0.25) is 0 Å². The molecule has 0 aliphatic rings. The summed E-state index contributed by atoms with van der Waals surface area (Å²) in [6.45, 7) is 0.288. The van der Waals surface area contributed by atoms with Gasteiger partial charge in [0, 0.05) is 14.6 Å². The van der Waals surface area contributed by atoms with Crippen LogP contribution >= 0.6 is 22.7 Å². The van der Waals surface area contributed by atoms with Crippen molar-refractivity contribution in [3.05, 3.63) is 39.4 Å². The van der Waals surface area contributed by atoms with E-state index in [2.05, 4.69) is 11.2 Å². The lowest BCUT2D eigenvalue weighted by Gasteiger charge is -1.87.